The molecule has 2 aromatic rings. The Labute approximate surface area is 144 Å². The van der Waals surface area contributed by atoms with Crippen molar-refractivity contribution in [1.82, 2.24) is 9.88 Å². The van der Waals surface area contributed by atoms with Gasteiger partial charge in [-0.2, -0.15) is 0 Å². The maximum atomic E-state index is 12.5. The summed E-state index contributed by atoms with van der Waals surface area (Å²) in [5.74, 6) is -0.301. The van der Waals surface area contributed by atoms with Crippen molar-refractivity contribution in [2.75, 3.05) is 18.4 Å². The molecule has 24 heavy (non-hydrogen) atoms. The van der Waals surface area contributed by atoms with E-state index in [0.29, 0.717) is 13.1 Å². The van der Waals surface area contributed by atoms with Crippen LogP contribution in [-0.2, 0) is 4.79 Å². The molecule has 126 valence electrons. The summed E-state index contributed by atoms with van der Waals surface area (Å²) in [6, 6.07) is 7.19. The summed E-state index contributed by atoms with van der Waals surface area (Å²) in [5.41, 5.74) is 8.02. The Bertz CT molecular complexity index is 759. The molecule has 1 atom stereocenters. The van der Waals surface area contributed by atoms with Crippen molar-refractivity contribution >= 4 is 29.0 Å². The molecule has 0 unspecified atom stereocenters. The molecule has 1 aliphatic rings. The predicted octanol–water partition coefficient (Wildman–Crippen LogP) is 2.85. The number of nitrogens with one attached hydrogen (secondary N) is 1. The maximum Gasteiger partial charge on any atom is 0.314 e. The second-order valence-electron chi connectivity index (χ2n) is 5.99. The van der Waals surface area contributed by atoms with E-state index in [0.717, 1.165) is 34.8 Å². The van der Waals surface area contributed by atoms with Crippen LogP contribution < -0.4 is 11.1 Å². The molecule has 0 saturated carbocycles. The number of likely N-dealkylation sites (tertiary alicyclic amines) is 1. The van der Waals surface area contributed by atoms with E-state index in [4.69, 9.17) is 5.73 Å². The van der Waals surface area contributed by atoms with E-state index in [-0.39, 0.29) is 11.8 Å². The normalized spacial score (nSPS) is 17.5. The van der Waals surface area contributed by atoms with E-state index in [9.17, 15) is 9.59 Å². The third kappa shape index (κ3) is 3.73. The van der Waals surface area contributed by atoms with E-state index in [1.807, 2.05) is 36.6 Å². The smallest absolute Gasteiger partial charge is 0.314 e. The number of hydrogen-bond acceptors (Lipinski definition) is 4. The number of carbonyl (C=O) groups excluding carboxylic acids is 2. The number of carbonyl (C=O) groups is 2. The molecule has 1 aromatic carbocycles. The molecule has 0 radical (unpaired) electrons. The molecule has 1 aromatic heterocycles. The number of nitrogens with zero attached hydrogens (tertiary/aromatic N) is 2. The van der Waals surface area contributed by atoms with E-state index in [1.54, 1.807) is 11.3 Å². The number of hydrogen-bond donors (Lipinski definition) is 2. The van der Waals surface area contributed by atoms with Crippen molar-refractivity contribution in [2.45, 2.75) is 19.8 Å². The first-order valence-corrected chi connectivity index (χ1v) is 8.78. The molecule has 3 amide bonds. The van der Waals surface area contributed by atoms with Crippen molar-refractivity contribution in [3.05, 3.63) is 35.3 Å². The van der Waals surface area contributed by atoms with Crippen molar-refractivity contribution < 1.29 is 9.59 Å². The number of thiazole rings is 1. The summed E-state index contributed by atoms with van der Waals surface area (Å²) in [6.07, 6.45) is 1.56. The quantitative estimate of drug-likeness (QED) is 0.897. The van der Waals surface area contributed by atoms with Gasteiger partial charge in [-0.1, -0.05) is 12.1 Å². The van der Waals surface area contributed by atoms with Crippen LogP contribution in [0.1, 0.15) is 18.5 Å². The molecular weight excluding hydrogens is 324 g/mol. The SMILES string of the molecule is Cc1csc(-c2cccc(NC(=O)[C@@H]3CCCN(C(N)=O)C3)c2)n1. The Morgan fingerprint density at radius 2 is 2.25 bits per heavy atom. The maximum absolute atomic E-state index is 12.5. The van der Waals surface area contributed by atoms with Crippen molar-refractivity contribution in [1.29, 1.82) is 0 Å². The summed E-state index contributed by atoms with van der Waals surface area (Å²) >= 11 is 1.58. The number of anilines is 1. The monoisotopic (exact) mass is 344 g/mol. The average Bonchev–Trinajstić information content (AvgIpc) is 3.02. The lowest BCUT2D eigenvalue weighted by Gasteiger charge is -2.30. The van der Waals surface area contributed by atoms with Crippen molar-refractivity contribution in [2.24, 2.45) is 11.7 Å². The summed E-state index contributed by atoms with van der Waals surface area (Å²) in [7, 11) is 0. The number of nitrogens with two attached hydrogens (primary N) is 1. The first kappa shape index (κ1) is 16.4. The Morgan fingerprint density at radius 1 is 1.42 bits per heavy atom. The number of aromatic nitrogens is 1. The fourth-order valence-electron chi connectivity index (χ4n) is 2.85. The van der Waals surface area contributed by atoms with E-state index in [2.05, 4.69) is 10.3 Å². The van der Waals surface area contributed by atoms with Gasteiger partial charge in [-0.3, -0.25) is 4.79 Å². The molecule has 3 rings (SSSR count). The Hall–Kier alpha value is -2.41. The molecule has 0 bridgehead atoms. The van der Waals surface area contributed by atoms with Crippen LogP contribution in [0.5, 0.6) is 0 Å². The van der Waals surface area contributed by atoms with Gasteiger partial charge in [-0.05, 0) is 31.9 Å². The van der Waals surface area contributed by atoms with E-state index >= 15 is 0 Å². The Balaban J connectivity index is 1.69. The molecule has 1 fully saturated rings. The topological polar surface area (TPSA) is 88.3 Å². The number of piperidine rings is 1. The molecular formula is C17H20N4O2S. The highest BCUT2D eigenvalue weighted by Crippen LogP contribution is 2.26. The van der Waals surface area contributed by atoms with Gasteiger partial charge in [0, 0.05) is 35.4 Å². The van der Waals surface area contributed by atoms with Crippen LogP contribution in [0.2, 0.25) is 0 Å². The summed E-state index contributed by atoms with van der Waals surface area (Å²) in [5, 5.41) is 5.88. The number of benzene rings is 1. The zero-order valence-corrected chi connectivity index (χ0v) is 14.3. The van der Waals surface area contributed by atoms with Gasteiger partial charge in [-0.15, -0.1) is 11.3 Å². The highest BCUT2D eigenvalue weighted by molar-refractivity contribution is 7.13. The Kier molecular flexibility index (Phi) is 4.80. The molecule has 2 heterocycles. The average molecular weight is 344 g/mol. The lowest BCUT2D eigenvalue weighted by atomic mass is 9.97. The minimum atomic E-state index is -0.464. The van der Waals surface area contributed by atoms with Crippen LogP contribution in [0.3, 0.4) is 0 Å². The van der Waals surface area contributed by atoms with Gasteiger partial charge in [0.05, 0.1) is 5.92 Å². The van der Waals surface area contributed by atoms with Gasteiger partial charge in [0.2, 0.25) is 5.91 Å². The summed E-state index contributed by atoms with van der Waals surface area (Å²) in [4.78, 5) is 29.8. The minimum absolute atomic E-state index is 0.0755. The fraction of sp³-hybridized carbons (Fsp3) is 0.353. The molecule has 6 nitrogen and oxygen atoms in total. The summed E-state index contributed by atoms with van der Waals surface area (Å²) < 4.78 is 0. The molecule has 7 heteroatoms. The van der Waals surface area contributed by atoms with E-state index in [1.165, 1.54) is 4.90 Å². The number of rotatable bonds is 3. The first-order valence-electron chi connectivity index (χ1n) is 7.91. The van der Waals surface area contributed by atoms with Gasteiger partial charge >= 0.3 is 6.03 Å². The van der Waals surface area contributed by atoms with Crippen LogP contribution in [0.4, 0.5) is 10.5 Å². The fourth-order valence-corrected chi connectivity index (χ4v) is 3.65. The lowest BCUT2D eigenvalue weighted by Crippen LogP contribution is -2.46. The third-order valence-corrected chi connectivity index (χ3v) is 5.11. The number of amides is 3. The molecule has 3 N–H and O–H groups in total. The zero-order chi connectivity index (χ0) is 17.1. The summed E-state index contributed by atoms with van der Waals surface area (Å²) in [6.45, 7) is 2.96. The third-order valence-electron chi connectivity index (χ3n) is 4.10. The largest absolute Gasteiger partial charge is 0.351 e. The number of primary amides is 1. The second kappa shape index (κ2) is 7.00. The second-order valence-corrected chi connectivity index (χ2v) is 6.85. The van der Waals surface area contributed by atoms with Crippen molar-refractivity contribution in [3.63, 3.8) is 0 Å². The van der Waals surface area contributed by atoms with E-state index < -0.39 is 6.03 Å². The highest BCUT2D eigenvalue weighted by Gasteiger charge is 2.27. The van der Waals surface area contributed by atoms with Gasteiger partial charge in [-0.25, -0.2) is 9.78 Å². The lowest BCUT2D eigenvalue weighted by molar-refractivity contribution is -0.121. The first-order chi connectivity index (χ1) is 11.5. The number of urea groups is 1. The van der Waals surface area contributed by atoms with Gasteiger partial charge in [0.25, 0.3) is 0 Å². The van der Waals surface area contributed by atoms with Gasteiger partial charge in [0.1, 0.15) is 5.01 Å². The minimum Gasteiger partial charge on any atom is -0.351 e. The zero-order valence-electron chi connectivity index (χ0n) is 13.5. The Morgan fingerprint density at radius 3 is 2.96 bits per heavy atom. The van der Waals surface area contributed by atoms with Crippen LogP contribution in [0.15, 0.2) is 29.6 Å². The number of aryl methyl sites for hydroxylation is 1. The van der Waals surface area contributed by atoms with Gasteiger partial charge < -0.3 is 16.0 Å². The predicted molar refractivity (Wildman–Crippen MR) is 94.8 cm³/mol. The van der Waals surface area contributed by atoms with Crippen LogP contribution >= 0.6 is 11.3 Å². The van der Waals surface area contributed by atoms with Crippen LogP contribution in [-0.4, -0.2) is 34.9 Å². The van der Waals surface area contributed by atoms with Gasteiger partial charge in [0.15, 0.2) is 0 Å². The highest BCUT2D eigenvalue weighted by atomic mass is 32.1. The molecule has 0 aliphatic carbocycles. The standard InChI is InChI=1S/C17H20N4O2S/c1-11-10-24-16(19-11)12-4-2-6-14(8-12)20-15(22)13-5-3-7-21(9-13)17(18)23/h2,4,6,8,10,13H,3,5,7,9H2,1H3,(H2,18,23)(H,20,22)/t13-/m1/s1. The molecule has 1 aliphatic heterocycles. The van der Waals surface area contributed by atoms with Crippen molar-refractivity contribution in [3.8, 4) is 10.6 Å². The molecule has 1 saturated heterocycles. The van der Waals surface area contributed by atoms with Crippen LogP contribution in [0, 0.1) is 12.8 Å². The molecule has 0 spiro atoms. The van der Waals surface area contributed by atoms with Crippen LogP contribution in [0.25, 0.3) is 10.6 Å².